The summed E-state index contributed by atoms with van der Waals surface area (Å²) < 4.78 is 11.6. The first-order valence-electron chi connectivity index (χ1n) is 5.50. The molecule has 2 atom stereocenters. The third-order valence-corrected chi connectivity index (χ3v) is 3.85. The van der Waals surface area contributed by atoms with Crippen molar-refractivity contribution in [3.05, 3.63) is 0 Å². The van der Waals surface area contributed by atoms with Gasteiger partial charge in [0.25, 0.3) is 0 Å². The molecule has 0 heterocycles. The molecule has 0 aromatic rings. The molecule has 0 aliphatic carbocycles. The summed E-state index contributed by atoms with van der Waals surface area (Å²) in [5, 5.41) is 3.42. The van der Waals surface area contributed by atoms with Crippen LogP contribution in [0.15, 0.2) is 0 Å². The van der Waals surface area contributed by atoms with Gasteiger partial charge in [-0.1, -0.05) is 34.6 Å². The molecule has 0 aliphatic heterocycles. The van der Waals surface area contributed by atoms with E-state index in [2.05, 4.69) is 39.9 Å². The molecule has 14 heavy (non-hydrogen) atoms. The summed E-state index contributed by atoms with van der Waals surface area (Å²) in [6, 6.07) is 0.361. The summed E-state index contributed by atoms with van der Waals surface area (Å²) in [5.74, 6) is 1.61. The maximum atomic E-state index is 11.6. The molecule has 0 radical (unpaired) electrons. The second-order valence-electron chi connectivity index (χ2n) is 4.79. The van der Waals surface area contributed by atoms with Crippen molar-refractivity contribution in [2.75, 3.05) is 18.1 Å². The minimum absolute atomic E-state index is 0.194. The van der Waals surface area contributed by atoms with E-state index in [4.69, 9.17) is 0 Å². The number of hydrogen-bond donors (Lipinski definition) is 1. The van der Waals surface area contributed by atoms with Crippen molar-refractivity contribution in [3.63, 3.8) is 0 Å². The van der Waals surface area contributed by atoms with Crippen LogP contribution in [0.1, 0.15) is 41.0 Å². The quantitative estimate of drug-likeness (QED) is 0.742. The largest absolute Gasteiger partial charge is 0.313 e. The normalized spacial score (nSPS) is 16.6. The second-order valence-corrected chi connectivity index (χ2v) is 6.41. The number of nitrogens with one attached hydrogen (secondary N) is 1. The van der Waals surface area contributed by atoms with Crippen molar-refractivity contribution in [2.45, 2.75) is 47.1 Å². The molecule has 0 rings (SSSR count). The predicted molar refractivity (Wildman–Crippen MR) is 65.1 cm³/mol. The molecule has 0 bridgehead atoms. The van der Waals surface area contributed by atoms with E-state index >= 15 is 0 Å². The Balaban J connectivity index is 4.16. The van der Waals surface area contributed by atoms with Gasteiger partial charge in [-0.2, -0.15) is 0 Å². The highest BCUT2D eigenvalue weighted by Crippen LogP contribution is 2.20. The second kappa shape index (κ2) is 6.57. The van der Waals surface area contributed by atoms with Crippen molar-refractivity contribution in [2.24, 2.45) is 5.41 Å². The van der Waals surface area contributed by atoms with Crippen LogP contribution in [0, 0.1) is 5.41 Å². The van der Waals surface area contributed by atoms with Gasteiger partial charge in [-0.25, -0.2) is 0 Å². The first-order chi connectivity index (χ1) is 6.41. The van der Waals surface area contributed by atoms with E-state index in [0.29, 0.717) is 6.04 Å². The zero-order valence-corrected chi connectivity index (χ0v) is 11.0. The van der Waals surface area contributed by atoms with Crippen molar-refractivity contribution in [3.8, 4) is 0 Å². The lowest BCUT2D eigenvalue weighted by molar-refractivity contribution is 0.294. The average molecular weight is 219 g/mol. The van der Waals surface area contributed by atoms with Crippen molar-refractivity contribution in [1.82, 2.24) is 5.32 Å². The van der Waals surface area contributed by atoms with Gasteiger partial charge in [0.1, 0.15) is 0 Å². The van der Waals surface area contributed by atoms with Crippen LogP contribution >= 0.6 is 0 Å². The molecule has 0 saturated carbocycles. The van der Waals surface area contributed by atoms with Gasteiger partial charge in [0, 0.05) is 28.3 Å². The van der Waals surface area contributed by atoms with Gasteiger partial charge < -0.3 is 5.32 Å². The van der Waals surface area contributed by atoms with Crippen LogP contribution in [0.2, 0.25) is 0 Å². The molecular formula is C11H25NOS. The summed E-state index contributed by atoms with van der Waals surface area (Å²) >= 11 is 0. The maximum Gasteiger partial charge on any atom is 0.0393 e. The predicted octanol–water partition coefficient (Wildman–Crippen LogP) is 2.17. The van der Waals surface area contributed by atoms with Crippen molar-refractivity contribution >= 4 is 10.8 Å². The summed E-state index contributed by atoms with van der Waals surface area (Å²) in [6.45, 7) is 11.7. The van der Waals surface area contributed by atoms with E-state index in [-0.39, 0.29) is 5.41 Å². The molecule has 0 aromatic heterocycles. The first kappa shape index (κ1) is 14.1. The van der Waals surface area contributed by atoms with Crippen LogP contribution in [-0.4, -0.2) is 28.3 Å². The molecule has 0 saturated heterocycles. The topological polar surface area (TPSA) is 29.1 Å². The molecule has 2 nitrogen and oxygen atoms in total. The zero-order chi connectivity index (χ0) is 11.2. The Morgan fingerprint density at radius 1 is 1.29 bits per heavy atom. The lowest BCUT2D eigenvalue weighted by Gasteiger charge is -2.31. The highest BCUT2D eigenvalue weighted by Gasteiger charge is 2.25. The zero-order valence-electron chi connectivity index (χ0n) is 10.2. The lowest BCUT2D eigenvalue weighted by atomic mass is 9.88. The molecule has 0 aliphatic rings. The summed E-state index contributed by atoms with van der Waals surface area (Å²) in [4.78, 5) is 0. The van der Waals surface area contributed by atoms with Gasteiger partial charge in [0.2, 0.25) is 0 Å². The Labute approximate surface area is 91.3 Å². The average Bonchev–Trinajstić information content (AvgIpc) is 2.02. The number of hydrogen-bond acceptors (Lipinski definition) is 2. The summed E-state index contributed by atoms with van der Waals surface area (Å²) in [6.07, 6.45) is 1.01. The fourth-order valence-corrected chi connectivity index (χ4v) is 2.97. The van der Waals surface area contributed by atoms with Gasteiger partial charge in [0.15, 0.2) is 0 Å². The molecule has 2 unspecified atom stereocenters. The minimum Gasteiger partial charge on any atom is -0.313 e. The fraction of sp³-hybridized carbons (Fsp3) is 1.00. The van der Waals surface area contributed by atoms with Gasteiger partial charge in [-0.05, 0) is 18.4 Å². The monoisotopic (exact) mass is 219 g/mol. The maximum absolute atomic E-state index is 11.6. The summed E-state index contributed by atoms with van der Waals surface area (Å²) in [5.41, 5.74) is 0.194. The molecular weight excluding hydrogens is 194 g/mol. The van der Waals surface area contributed by atoms with Crippen LogP contribution in [0.5, 0.6) is 0 Å². The van der Waals surface area contributed by atoms with Crippen LogP contribution in [0.3, 0.4) is 0 Å². The van der Waals surface area contributed by atoms with Crippen LogP contribution in [0.25, 0.3) is 0 Å². The van der Waals surface area contributed by atoms with E-state index in [1.54, 1.807) is 0 Å². The van der Waals surface area contributed by atoms with E-state index in [1.807, 2.05) is 0 Å². The van der Waals surface area contributed by atoms with E-state index in [0.717, 1.165) is 24.5 Å². The van der Waals surface area contributed by atoms with Crippen LogP contribution < -0.4 is 5.32 Å². The Morgan fingerprint density at radius 3 is 2.21 bits per heavy atom. The molecule has 1 N–H and O–H groups in total. The van der Waals surface area contributed by atoms with Crippen molar-refractivity contribution in [1.29, 1.82) is 0 Å². The van der Waals surface area contributed by atoms with Gasteiger partial charge in [-0.15, -0.1) is 0 Å². The highest BCUT2D eigenvalue weighted by atomic mass is 32.2. The first-order valence-corrected chi connectivity index (χ1v) is 6.99. The van der Waals surface area contributed by atoms with E-state index in [1.165, 1.54) is 0 Å². The number of rotatable bonds is 6. The molecule has 0 amide bonds. The van der Waals surface area contributed by atoms with Gasteiger partial charge in [-0.3, -0.25) is 4.21 Å². The Bertz CT molecular complexity index is 175. The molecule has 3 heteroatoms. The Morgan fingerprint density at radius 2 is 1.86 bits per heavy atom. The lowest BCUT2D eigenvalue weighted by Crippen LogP contribution is -2.44. The molecule has 0 fully saturated rings. The molecule has 86 valence electrons. The molecule has 0 spiro atoms. The Kier molecular flexibility index (Phi) is 6.62. The Hall–Kier alpha value is 0.110. The standard InChI is InChI=1S/C11H25NOS/c1-6-8-14(13)9-10(12-7-2)11(3,4)5/h10,12H,6-9H2,1-5H3. The highest BCUT2D eigenvalue weighted by molar-refractivity contribution is 7.85. The molecule has 0 aromatic carbocycles. The smallest absolute Gasteiger partial charge is 0.0393 e. The third-order valence-electron chi connectivity index (χ3n) is 2.28. The SMILES string of the molecule is CCCS(=O)CC(NCC)C(C)(C)C. The van der Waals surface area contributed by atoms with Gasteiger partial charge >= 0.3 is 0 Å². The van der Waals surface area contributed by atoms with Crippen molar-refractivity contribution < 1.29 is 4.21 Å². The van der Waals surface area contributed by atoms with Crippen LogP contribution in [-0.2, 0) is 10.8 Å². The van der Waals surface area contributed by atoms with E-state index < -0.39 is 10.8 Å². The van der Waals surface area contributed by atoms with E-state index in [9.17, 15) is 4.21 Å². The summed E-state index contributed by atoms with van der Waals surface area (Å²) in [7, 11) is -0.661. The minimum atomic E-state index is -0.661. The van der Waals surface area contributed by atoms with Gasteiger partial charge in [0.05, 0.1) is 0 Å². The third kappa shape index (κ3) is 5.76. The fourth-order valence-electron chi connectivity index (χ4n) is 1.36. The van der Waals surface area contributed by atoms with Crippen LogP contribution in [0.4, 0.5) is 0 Å².